The molecule has 138 valence electrons. The Hall–Kier alpha value is -1.65. The van der Waals surface area contributed by atoms with Gasteiger partial charge in [-0.2, -0.15) is 0 Å². The molecule has 1 aliphatic rings. The summed E-state index contributed by atoms with van der Waals surface area (Å²) in [5.41, 5.74) is 2.13. The molecular weight excluding hydrogens is 364 g/mol. The second kappa shape index (κ2) is 9.89. The van der Waals surface area contributed by atoms with Gasteiger partial charge in [0.25, 0.3) is 0 Å². The van der Waals surface area contributed by atoms with Crippen LogP contribution in [-0.2, 0) is 4.79 Å². The third-order valence-corrected chi connectivity index (χ3v) is 5.85. The number of halogens is 1. The first-order valence-corrected chi connectivity index (χ1v) is 10.6. The van der Waals surface area contributed by atoms with Crippen LogP contribution in [0.15, 0.2) is 53.4 Å². The Bertz CT molecular complexity index is 697. The summed E-state index contributed by atoms with van der Waals surface area (Å²) in [5, 5.41) is 3.74. The molecule has 1 fully saturated rings. The minimum absolute atomic E-state index is 0.0763. The lowest BCUT2D eigenvalue weighted by molar-refractivity contribution is -0.116. The average molecular weight is 389 g/mol. The number of nitrogens with one attached hydrogen (secondary N) is 1. The minimum atomic E-state index is 0.0763. The number of benzene rings is 2. The summed E-state index contributed by atoms with van der Waals surface area (Å²) < 4.78 is 0. The molecule has 0 aromatic heterocycles. The van der Waals surface area contributed by atoms with Crippen LogP contribution >= 0.6 is 23.4 Å². The Kier molecular flexibility index (Phi) is 7.27. The van der Waals surface area contributed by atoms with Crippen molar-refractivity contribution in [2.24, 2.45) is 0 Å². The normalized spacial score (nSPS) is 14.3. The van der Waals surface area contributed by atoms with Gasteiger partial charge in [-0.25, -0.2) is 0 Å². The van der Waals surface area contributed by atoms with Crippen LogP contribution < -0.4 is 10.2 Å². The summed E-state index contributed by atoms with van der Waals surface area (Å²) in [5.74, 6) is 0.996. The third-order valence-electron chi connectivity index (χ3n) is 4.50. The number of piperidine rings is 1. The highest BCUT2D eigenvalue weighted by Crippen LogP contribution is 2.23. The fraction of sp³-hybridized carbons (Fsp3) is 0.381. The predicted octanol–water partition coefficient (Wildman–Crippen LogP) is 5.84. The molecule has 0 aliphatic carbocycles. The van der Waals surface area contributed by atoms with E-state index >= 15 is 0 Å². The van der Waals surface area contributed by atoms with E-state index in [0.717, 1.165) is 36.0 Å². The molecule has 3 rings (SSSR count). The van der Waals surface area contributed by atoms with Crippen molar-refractivity contribution in [3.8, 4) is 0 Å². The van der Waals surface area contributed by atoms with Crippen LogP contribution in [0.3, 0.4) is 0 Å². The molecule has 1 saturated heterocycles. The van der Waals surface area contributed by atoms with E-state index in [1.165, 1.54) is 29.8 Å². The fourth-order valence-corrected chi connectivity index (χ4v) is 4.06. The molecule has 0 atom stereocenters. The molecule has 0 unspecified atom stereocenters. The van der Waals surface area contributed by atoms with Gasteiger partial charge in [0.1, 0.15) is 0 Å². The number of hydrogen-bond donors (Lipinski definition) is 1. The highest BCUT2D eigenvalue weighted by atomic mass is 35.5. The van der Waals surface area contributed by atoms with E-state index in [-0.39, 0.29) is 5.91 Å². The molecule has 0 spiro atoms. The van der Waals surface area contributed by atoms with E-state index in [0.29, 0.717) is 6.42 Å². The van der Waals surface area contributed by atoms with Crippen molar-refractivity contribution in [3.63, 3.8) is 0 Å². The number of carbonyl (C=O) groups is 1. The lowest BCUT2D eigenvalue weighted by Crippen LogP contribution is -2.29. The van der Waals surface area contributed by atoms with Crippen molar-refractivity contribution in [2.45, 2.75) is 37.0 Å². The number of hydrogen-bond acceptors (Lipinski definition) is 3. The Labute approximate surface area is 165 Å². The van der Waals surface area contributed by atoms with Crippen LogP contribution in [0.2, 0.25) is 5.02 Å². The van der Waals surface area contributed by atoms with Gasteiger partial charge in [0.05, 0.1) is 0 Å². The van der Waals surface area contributed by atoms with E-state index in [2.05, 4.69) is 22.3 Å². The van der Waals surface area contributed by atoms with Crippen molar-refractivity contribution in [3.05, 3.63) is 53.6 Å². The van der Waals surface area contributed by atoms with Gasteiger partial charge in [-0.3, -0.25) is 4.79 Å². The van der Waals surface area contributed by atoms with E-state index in [1.807, 2.05) is 36.4 Å². The number of amides is 1. The maximum atomic E-state index is 12.1. The summed E-state index contributed by atoms with van der Waals surface area (Å²) in [6.45, 7) is 2.27. The van der Waals surface area contributed by atoms with Gasteiger partial charge in [-0.15, -0.1) is 11.8 Å². The van der Waals surface area contributed by atoms with Crippen LogP contribution in [0.4, 0.5) is 11.4 Å². The van der Waals surface area contributed by atoms with Crippen LogP contribution in [0.25, 0.3) is 0 Å². The summed E-state index contributed by atoms with van der Waals surface area (Å²) in [6, 6.07) is 16.0. The summed E-state index contributed by atoms with van der Waals surface area (Å²) >= 11 is 7.63. The Balaban J connectivity index is 1.38. The Morgan fingerprint density at radius 1 is 1.00 bits per heavy atom. The molecule has 26 heavy (non-hydrogen) atoms. The van der Waals surface area contributed by atoms with Gasteiger partial charge in [0, 0.05) is 40.8 Å². The van der Waals surface area contributed by atoms with Gasteiger partial charge in [-0.05, 0) is 80.0 Å². The standard InChI is InChI=1S/C21H25ClN2OS/c22-17-6-12-20(13-7-17)26-16-4-5-21(25)23-18-8-10-19(11-9-18)24-14-2-1-3-15-24/h6-13H,1-5,14-16H2,(H,23,25). The zero-order valence-corrected chi connectivity index (χ0v) is 16.5. The molecule has 3 nitrogen and oxygen atoms in total. The van der Waals surface area contributed by atoms with Crippen molar-refractivity contribution < 1.29 is 4.79 Å². The van der Waals surface area contributed by atoms with Gasteiger partial charge in [0.15, 0.2) is 0 Å². The first-order valence-electron chi connectivity index (χ1n) is 9.24. The second-order valence-electron chi connectivity index (χ2n) is 6.55. The molecule has 2 aromatic carbocycles. The molecule has 1 N–H and O–H groups in total. The zero-order chi connectivity index (χ0) is 18.2. The van der Waals surface area contributed by atoms with Crippen LogP contribution in [0, 0.1) is 0 Å². The molecule has 2 aromatic rings. The average Bonchev–Trinajstić information content (AvgIpc) is 2.68. The molecule has 1 heterocycles. The minimum Gasteiger partial charge on any atom is -0.372 e. The maximum absolute atomic E-state index is 12.1. The smallest absolute Gasteiger partial charge is 0.224 e. The largest absolute Gasteiger partial charge is 0.372 e. The number of carbonyl (C=O) groups excluding carboxylic acids is 1. The van der Waals surface area contributed by atoms with Gasteiger partial charge in [0.2, 0.25) is 5.91 Å². The SMILES string of the molecule is O=C(CCCSc1ccc(Cl)cc1)Nc1ccc(N2CCCCC2)cc1. The second-order valence-corrected chi connectivity index (χ2v) is 8.15. The predicted molar refractivity (Wildman–Crippen MR) is 113 cm³/mol. The molecule has 0 saturated carbocycles. The van der Waals surface area contributed by atoms with E-state index in [1.54, 1.807) is 11.8 Å². The van der Waals surface area contributed by atoms with E-state index in [9.17, 15) is 4.79 Å². The number of thioether (sulfide) groups is 1. The summed E-state index contributed by atoms with van der Waals surface area (Å²) in [7, 11) is 0. The maximum Gasteiger partial charge on any atom is 0.224 e. The van der Waals surface area contributed by atoms with Gasteiger partial charge in [-0.1, -0.05) is 11.6 Å². The Morgan fingerprint density at radius 2 is 1.69 bits per heavy atom. The van der Waals surface area contributed by atoms with Crippen LogP contribution in [0.1, 0.15) is 32.1 Å². The fourth-order valence-electron chi connectivity index (χ4n) is 3.08. The highest BCUT2D eigenvalue weighted by molar-refractivity contribution is 7.99. The highest BCUT2D eigenvalue weighted by Gasteiger charge is 2.11. The molecule has 5 heteroatoms. The van der Waals surface area contributed by atoms with Crippen molar-refractivity contribution >= 4 is 40.6 Å². The first kappa shape index (κ1) is 19.1. The summed E-state index contributed by atoms with van der Waals surface area (Å²) in [6.07, 6.45) is 5.26. The quantitative estimate of drug-likeness (QED) is 0.477. The van der Waals surface area contributed by atoms with Gasteiger partial charge < -0.3 is 10.2 Å². The summed E-state index contributed by atoms with van der Waals surface area (Å²) in [4.78, 5) is 15.7. The Morgan fingerprint density at radius 3 is 2.38 bits per heavy atom. The van der Waals surface area contributed by atoms with Crippen molar-refractivity contribution in [1.82, 2.24) is 0 Å². The van der Waals surface area contributed by atoms with E-state index in [4.69, 9.17) is 11.6 Å². The van der Waals surface area contributed by atoms with Gasteiger partial charge >= 0.3 is 0 Å². The lowest BCUT2D eigenvalue weighted by Gasteiger charge is -2.28. The van der Waals surface area contributed by atoms with Crippen molar-refractivity contribution in [1.29, 1.82) is 0 Å². The molecule has 0 radical (unpaired) electrons. The van der Waals surface area contributed by atoms with Crippen LogP contribution in [-0.4, -0.2) is 24.7 Å². The molecule has 1 amide bonds. The third kappa shape index (κ3) is 5.96. The number of anilines is 2. The van der Waals surface area contributed by atoms with E-state index < -0.39 is 0 Å². The first-order chi connectivity index (χ1) is 12.7. The topological polar surface area (TPSA) is 32.3 Å². The monoisotopic (exact) mass is 388 g/mol. The molecular formula is C21H25ClN2OS. The lowest BCUT2D eigenvalue weighted by atomic mass is 10.1. The zero-order valence-electron chi connectivity index (χ0n) is 14.9. The van der Waals surface area contributed by atoms with Crippen LogP contribution in [0.5, 0.6) is 0 Å². The van der Waals surface area contributed by atoms with Crippen molar-refractivity contribution in [2.75, 3.05) is 29.1 Å². The number of rotatable bonds is 7. The molecule has 0 bridgehead atoms. The number of nitrogens with zero attached hydrogens (tertiary/aromatic N) is 1. The molecule has 1 aliphatic heterocycles.